The Bertz CT molecular complexity index is 541. The number of nitrogens with one attached hydrogen (secondary N) is 2. The van der Waals surface area contributed by atoms with Crippen molar-refractivity contribution in [1.82, 2.24) is 15.5 Å². The first-order valence-electron chi connectivity index (χ1n) is 8.69. The van der Waals surface area contributed by atoms with Gasteiger partial charge in [-0.25, -0.2) is 4.79 Å². The van der Waals surface area contributed by atoms with E-state index in [-0.39, 0.29) is 11.8 Å². The van der Waals surface area contributed by atoms with Crippen molar-refractivity contribution in [1.29, 1.82) is 0 Å². The molecule has 1 rings (SSSR count). The number of carboxylic acid groups (broad SMARTS) is 1. The SMILES string of the molecule is CCC(C)C(N)C(=O)N1CCCC1C(=O)NCC(=O)NC(CO)C(=O)O. The number of aliphatic carboxylic acids is 1. The predicted molar refractivity (Wildman–Crippen MR) is 91.8 cm³/mol. The molecule has 4 unspecified atom stereocenters. The number of aliphatic hydroxyl groups is 1. The third-order valence-electron chi connectivity index (χ3n) is 4.62. The summed E-state index contributed by atoms with van der Waals surface area (Å²) >= 11 is 0. The molecule has 148 valence electrons. The Balaban J connectivity index is 2.59. The van der Waals surface area contributed by atoms with E-state index >= 15 is 0 Å². The van der Waals surface area contributed by atoms with Crippen molar-refractivity contribution in [3.8, 4) is 0 Å². The third kappa shape index (κ3) is 5.67. The molecule has 0 aromatic carbocycles. The van der Waals surface area contributed by atoms with Gasteiger partial charge >= 0.3 is 5.97 Å². The van der Waals surface area contributed by atoms with Crippen molar-refractivity contribution in [3.05, 3.63) is 0 Å². The van der Waals surface area contributed by atoms with Crippen LogP contribution in [0.5, 0.6) is 0 Å². The minimum absolute atomic E-state index is 0.0102. The first-order valence-corrected chi connectivity index (χ1v) is 8.69. The fourth-order valence-electron chi connectivity index (χ4n) is 2.71. The van der Waals surface area contributed by atoms with Crippen LogP contribution in [0.2, 0.25) is 0 Å². The average Bonchev–Trinajstić information content (AvgIpc) is 3.11. The summed E-state index contributed by atoms with van der Waals surface area (Å²) in [5.41, 5.74) is 5.97. The van der Waals surface area contributed by atoms with Crippen LogP contribution in [-0.4, -0.2) is 76.6 Å². The largest absolute Gasteiger partial charge is 0.480 e. The Morgan fingerprint density at radius 3 is 2.50 bits per heavy atom. The van der Waals surface area contributed by atoms with E-state index in [1.807, 2.05) is 13.8 Å². The van der Waals surface area contributed by atoms with Crippen LogP contribution in [0.3, 0.4) is 0 Å². The molecule has 0 aliphatic carbocycles. The van der Waals surface area contributed by atoms with Crippen LogP contribution < -0.4 is 16.4 Å². The molecule has 1 fully saturated rings. The van der Waals surface area contributed by atoms with Crippen LogP contribution >= 0.6 is 0 Å². The minimum Gasteiger partial charge on any atom is -0.480 e. The van der Waals surface area contributed by atoms with Crippen LogP contribution in [0.1, 0.15) is 33.1 Å². The van der Waals surface area contributed by atoms with E-state index in [4.69, 9.17) is 15.9 Å². The first kappa shape index (κ1) is 21.8. The number of carbonyl (C=O) groups is 4. The summed E-state index contributed by atoms with van der Waals surface area (Å²) in [6.45, 7) is 3.03. The summed E-state index contributed by atoms with van der Waals surface area (Å²) in [4.78, 5) is 48.7. The number of amides is 3. The lowest BCUT2D eigenvalue weighted by Crippen LogP contribution is -2.54. The molecule has 3 amide bonds. The van der Waals surface area contributed by atoms with E-state index in [1.54, 1.807) is 0 Å². The van der Waals surface area contributed by atoms with Gasteiger partial charge in [0, 0.05) is 6.54 Å². The summed E-state index contributed by atoms with van der Waals surface area (Å²) in [7, 11) is 0. The Kier molecular flexibility index (Phi) is 8.46. The van der Waals surface area contributed by atoms with Gasteiger partial charge in [0.2, 0.25) is 17.7 Å². The van der Waals surface area contributed by atoms with Crippen molar-refractivity contribution in [2.45, 2.75) is 51.2 Å². The predicted octanol–water partition coefficient (Wildman–Crippen LogP) is -1.97. The van der Waals surface area contributed by atoms with Crippen molar-refractivity contribution in [3.63, 3.8) is 0 Å². The number of hydrogen-bond acceptors (Lipinski definition) is 6. The molecular formula is C16H28N4O6. The summed E-state index contributed by atoms with van der Waals surface area (Å²) in [5.74, 6) is -2.90. The number of likely N-dealkylation sites (tertiary alicyclic amines) is 1. The van der Waals surface area contributed by atoms with Crippen molar-refractivity contribution in [2.75, 3.05) is 19.7 Å². The molecule has 26 heavy (non-hydrogen) atoms. The molecule has 0 aromatic heterocycles. The maximum atomic E-state index is 12.5. The maximum Gasteiger partial charge on any atom is 0.328 e. The average molecular weight is 372 g/mol. The van der Waals surface area contributed by atoms with Gasteiger partial charge in [-0.15, -0.1) is 0 Å². The highest BCUT2D eigenvalue weighted by molar-refractivity contribution is 5.93. The van der Waals surface area contributed by atoms with Crippen LogP contribution in [0.15, 0.2) is 0 Å². The van der Waals surface area contributed by atoms with E-state index < -0.39 is 49.1 Å². The summed E-state index contributed by atoms with van der Waals surface area (Å²) in [6.07, 6.45) is 1.88. The Labute approximate surface area is 152 Å². The number of nitrogens with zero attached hydrogens (tertiary/aromatic N) is 1. The van der Waals surface area contributed by atoms with E-state index in [9.17, 15) is 19.2 Å². The zero-order valence-corrected chi connectivity index (χ0v) is 15.1. The van der Waals surface area contributed by atoms with Crippen molar-refractivity contribution < 1.29 is 29.4 Å². The van der Waals surface area contributed by atoms with Crippen molar-refractivity contribution >= 4 is 23.7 Å². The van der Waals surface area contributed by atoms with Gasteiger partial charge in [-0.1, -0.05) is 20.3 Å². The summed E-state index contributed by atoms with van der Waals surface area (Å²) in [6, 6.07) is -2.81. The second-order valence-electron chi connectivity index (χ2n) is 6.46. The second-order valence-corrected chi connectivity index (χ2v) is 6.46. The molecule has 6 N–H and O–H groups in total. The molecule has 10 heteroatoms. The fourth-order valence-corrected chi connectivity index (χ4v) is 2.71. The molecule has 0 radical (unpaired) electrons. The zero-order valence-electron chi connectivity index (χ0n) is 15.1. The molecule has 1 aliphatic heterocycles. The zero-order chi connectivity index (χ0) is 19.9. The van der Waals surface area contributed by atoms with Gasteiger partial charge in [-0.2, -0.15) is 0 Å². The van der Waals surface area contributed by atoms with E-state index in [1.165, 1.54) is 4.90 Å². The lowest BCUT2D eigenvalue weighted by atomic mass is 9.98. The molecule has 1 saturated heterocycles. The number of carbonyl (C=O) groups excluding carboxylic acids is 3. The number of nitrogens with two attached hydrogens (primary N) is 1. The summed E-state index contributed by atoms with van der Waals surface area (Å²) < 4.78 is 0. The van der Waals surface area contributed by atoms with Crippen LogP contribution in [0.25, 0.3) is 0 Å². The Morgan fingerprint density at radius 1 is 1.31 bits per heavy atom. The summed E-state index contributed by atoms with van der Waals surface area (Å²) in [5, 5.41) is 22.1. The maximum absolute atomic E-state index is 12.5. The molecular weight excluding hydrogens is 344 g/mol. The molecule has 1 aliphatic rings. The van der Waals surface area contributed by atoms with Gasteiger partial charge in [0.05, 0.1) is 19.2 Å². The third-order valence-corrected chi connectivity index (χ3v) is 4.62. The van der Waals surface area contributed by atoms with E-state index in [2.05, 4.69) is 10.6 Å². The van der Waals surface area contributed by atoms with Gasteiger partial charge in [0.1, 0.15) is 12.1 Å². The molecule has 4 atom stereocenters. The van der Waals surface area contributed by atoms with Gasteiger partial charge in [0.15, 0.2) is 0 Å². The highest BCUT2D eigenvalue weighted by Gasteiger charge is 2.37. The number of rotatable bonds is 9. The molecule has 1 heterocycles. The monoisotopic (exact) mass is 372 g/mol. The normalized spacial score (nSPS) is 20.2. The van der Waals surface area contributed by atoms with Crippen LogP contribution in [0.4, 0.5) is 0 Å². The Hall–Kier alpha value is -2.20. The highest BCUT2D eigenvalue weighted by Crippen LogP contribution is 2.20. The first-order chi connectivity index (χ1) is 12.2. The Morgan fingerprint density at radius 2 is 1.96 bits per heavy atom. The van der Waals surface area contributed by atoms with E-state index in [0.717, 1.165) is 6.42 Å². The quantitative estimate of drug-likeness (QED) is 0.313. The minimum atomic E-state index is -1.43. The molecule has 10 nitrogen and oxygen atoms in total. The molecule has 0 spiro atoms. The topological polar surface area (TPSA) is 162 Å². The number of aliphatic hydroxyl groups excluding tert-OH is 1. The molecule has 0 aromatic rings. The number of hydrogen-bond donors (Lipinski definition) is 5. The van der Waals surface area contributed by atoms with Gasteiger partial charge in [-0.3, -0.25) is 14.4 Å². The van der Waals surface area contributed by atoms with Crippen molar-refractivity contribution in [2.24, 2.45) is 11.7 Å². The van der Waals surface area contributed by atoms with Gasteiger partial charge in [-0.05, 0) is 18.8 Å². The number of carboxylic acids is 1. The smallest absolute Gasteiger partial charge is 0.328 e. The molecule has 0 saturated carbocycles. The lowest BCUT2D eigenvalue weighted by molar-refractivity contribution is -0.143. The van der Waals surface area contributed by atoms with Gasteiger partial charge < -0.3 is 31.5 Å². The highest BCUT2D eigenvalue weighted by atomic mass is 16.4. The second kappa shape index (κ2) is 10.1. The standard InChI is InChI=1S/C16H28N4O6/c1-3-9(2)13(17)15(24)20-6-4-5-11(20)14(23)18-7-12(22)19-10(8-21)16(25)26/h9-11,13,21H,3-8,17H2,1-2H3,(H,18,23)(H,19,22)(H,25,26). The molecule has 0 bridgehead atoms. The lowest BCUT2D eigenvalue weighted by Gasteiger charge is -2.28. The fraction of sp³-hybridized carbons (Fsp3) is 0.750. The van der Waals surface area contributed by atoms with E-state index in [0.29, 0.717) is 19.4 Å². The van der Waals surface area contributed by atoms with Gasteiger partial charge in [0.25, 0.3) is 0 Å². The van der Waals surface area contributed by atoms with Crippen LogP contribution in [0, 0.1) is 5.92 Å². The van der Waals surface area contributed by atoms with Crippen LogP contribution in [-0.2, 0) is 19.2 Å².